The van der Waals surface area contributed by atoms with Crippen LogP contribution in [0.4, 0.5) is 0 Å². The molecule has 0 atom stereocenters. The van der Waals surface area contributed by atoms with Gasteiger partial charge in [0, 0.05) is 11.9 Å². The van der Waals surface area contributed by atoms with Crippen molar-refractivity contribution in [1.82, 2.24) is 0 Å². The summed E-state index contributed by atoms with van der Waals surface area (Å²) < 4.78 is 0. The fourth-order valence-electron chi connectivity index (χ4n) is 1.30. The van der Waals surface area contributed by atoms with E-state index in [1.165, 1.54) is 16.7 Å². The molecule has 0 spiro atoms. The highest BCUT2D eigenvalue weighted by atomic mass is 14.7. The molecule has 1 aromatic carbocycles. The van der Waals surface area contributed by atoms with Gasteiger partial charge < -0.3 is 0 Å². The van der Waals surface area contributed by atoms with Crippen molar-refractivity contribution in [1.29, 1.82) is 0 Å². The molecule has 0 saturated carbocycles. The van der Waals surface area contributed by atoms with E-state index in [0.29, 0.717) is 0 Å². The Balaban J connectivity index is 3.05. The zero-order chi connectivity index (χ0) is 10.6. The maximum absolute atomic E-state index is 4.28. The molecular weight excluding hydrogens is 170 g/mol. The number of aryl methyl sites for hydroxylation is 1. The molecule has 0 amide bonds. The fourth-order valence-corrected chi connectivity index (χ4v) is 1.30. The molecule has 0 radical (unpaired) electrons. The largest absolute Gasteiger partial charge is 0.266 e. The predicted octanol–water partition coefficient (Wildman–Crippen LogP) is 3.84. The van der Waals surface area contributed by atoms with Gasteiger partial charge >= 0.3 is 0 Å². The number of rotatable bonds is 2. The van der Waals surface area contributed by atoms with E-state index >= 15 is 0 Å². The van der Waals surface area contributed by atoms with E-state index < -0.39 is 0 Å². The van der Waals surface area contributed by atoms with Gasteiger partial charge in [-0.05, 0) is 38.8 Å². The molecule has 1 aromatic rings. The maximum atomic E-state index is 4.28. The summed E-state index contributed by atoms with van der Waals surface area (Å²) in [7, 11) is 0. The first-order valence-corrected chi connectivity index (χ1v) is 4.88. The molecule has 0 aromatic heterocycles. The summed E-state index contributed by atoms with van der Waals surface area (Å²) in [5.41, 5.74) is 4.86. The first kappa shape index (κ1) is 10.7. The van der Waals surface area contributed by atoms with Crippen LogP contribution in [0.2, 0.25) is 0 Å². The van der Waals surface area contributed by atoms with Gasteiger partial charge in [0.05, 0.1) is 0 Å². The van der Waals surface area contributed by atoms with Gasteiger partial charge in [0.2, 0.25) is 0 Å². The first-order valence-electron chi connectivity index (χ1n) is 4.88. The fraction of sp³-hybridized carbons (Fsp3) is 0.308. The summed E-state index contributed by atoms with van der Waals surface area (Å²) in [5, 5.41) is 0. The van der Waals surface area contributed by atoms with Crippen LogP contribution in [0, 0.1) is 6.92 Å². The van der Waals surface area contributed by atoms with Crippen LogP contribution in [0.1, 0.15) is 31.9 Å². The van der Waals surface area contributed by atoms with E-state index in [2.05, 4.69) is 43.1 Å². The second-order valence-corrected chi connectivity index (χ2v) is 3.46. The predicted molar refractivity (Wildman–Crippen MR) is 63.6 cm³/mol. The van der Waals surface area contributed by atoms with Crippen LogP contribution in [0.3, 0.4) is 0 Å². The van der Waals surface area contributed by atoms with Crippen LogP contribution in [-0.2, 0) is 0 Å². The highest BCUT2D eigenvalue weighted by Crippen LogP contribution is 2.18. The zero-order valence-corrected chi connectivity index (χ0v) is 9.33. The summed E-state index contributed by atoms with van der Waals surface area (Å²) in [6.07, 6.45) is 1.83. The highest BCUT2D eigenvalue weighted by molar-refractivity contribution is 5.69. The molecule has 0 fully saturated rings. The summed E-state index contributed by atoms with van der Waals surface area (Å²) in [6.45, 7) is 8.17. The van der Waals surface area contributed by atoms with Gasteiger partial charge in [0.1, 0.15) is 0 Å². The summed E-state index contributed by atoms with van der Waals surface area (Å²) >= 11 is 0. The van der Waals surface area contributed by atoms with Crippen molar-refractivity contribution in [2.45, 2.75) is 27.7 Å². The van der Waals surface area contributed by atoms with Crippen LogP contribution in [0.5, 0.6) is 0 Å². The first-order chi connectivity index (χ1) is 6.65. The summed E-state index contributed by atoms with van der Waals surface area (Å²) in [6, 6.07) is 8.53. The molecular formula is C13H17N. The van der Waals surface area contributed by atoms with Gasteiger partial charge in [-0.2, -0.15) is 0 Å². The smallest absolute Gasteiger partial charge is 0.0403 e. The topological polar surface area (TPSA) is 12.4 Å². The number of nitrogens with zero attached hydrogens (tertiary/aromatic N) is 1. The number of allylic oxidation sites excluding steroid dienone is 2. The Bertz CT molecular complexity index is 355. The molecule has 1 heteroatoms. The van der Waals surface area contributed by atoms with Crippen LogP contribution in [0.15, 0.2) is 35.0 Å². The number of hydrogen-bond donors (Lipinski definition) is 0. The van der Waals surface area contributed by atoms with Crippen molar-refractivity contribution in [2.24, 2.45) is 4.99 Å². The number of aliphatic imine (C=N–C) groups is 1. The molecule has 0 aliphatic rings. The monoisotopic (exact) mass is 187 g/mol. The van der Waals surface area contributed by atoms with E-state index in [4.69, 9.17) is 0 Å². The van der Waals surface area contributed by atoms with Crippen molar-refractivity contribution in [3.63, 3.8) is 0 Å². The second kappa shape index (κ2) is 4.75. The van der Waals surface area contributed by atoms with Gasteiger partial charge in [0.15, 0.2) is 0 Å². The SMILES string of the molecule is CC=N/C(C)=C(\C)c1ccc(C)cc1. The third-order valence-corrected chi connectivity index (χ3v) is 2.35. The van der Waals surface area contributed by atoms with Crippen molar-refractivity contribution < 1.29 is 0 Å². The van der Waals surface area contributed by atoms with Gasteiger partial charge in [-0.3, -0.25) is 4.99 Å². The Kier molecular flexibility index (Phi) is 3.63. The normalized spacial score (nSPS) is 13.1. The third-order valence-electron chi connectivity index (χ3n) is 2.35. The molecule has 0 unspecified atom stereocenters. The molecule has 0 N–H and O–H groups in total. The lowest BCUT2D eigenvalue weighted by atomic mass is 10.0. The van der Waals surface area contributed by atoms with E-state index in [-0.39, 0.29) is 0 Å². The Labute approximate surface area is 86.2 Å². The quantitative estimate of drug-likeness (QED) is 0.624. The second-order valence-electron chi connectivity index (χ2n) is 3.46. The molecule has 1 rings (SSSR count). The van der Waals surface area contributed by atoms with Crippen LogP contribution < -0.4 is 0 Å². The average molecular weight is 187 g/mol. The maximum Gasteiger partial charge on any atom is 0.0403 e. The number of hydrogen-bond acceptors (Lipinski definition) is 1. The molecule has 0 saturated heterocycles. The molecule has 14 heavy (non-hydrogen) atoms. The van der Waals surface area contributed by atoms with Gasteiger partial charge in [-0.1, -0.05) is 29.8 Å². The van der Waals surface area contributed by atoms with Crippen LogP contribution in [-0.4, -0.2) is 6.21 Å². The minimum Gasteiger partial charge on any atom is -0.266 e. The van der Waals surface area contributed by atoms with E-state index in [1.807, 2.05) is 20.1 Å². The molecule has 0 bridgehead atoms. The molecule has 1 nitrogen and oxygen atoms in total. The average Bonchev–Trinajstić information content (AvgIpc) is 2.18. The lowest BCUT2D eigenvalue weighted by molar-refractivity contribution is 1.29. The van der Waals surface area contributed by atoms with E-state index in [1.54, 1.807) is 0 Å². The Hall–Kier alpha value is -1.37. The molecule has 0 aliphatic carbocycles. The van der Waals surface area contributed by atoms with E-state index in [0.717, 1.165) is 5.70 Å². The summed E-state index contributed by atoms with van der Waals surface area (Å²) in [4.78, 5) is 4.28. The van der Waals surface area contributed by atoms with Crippen molar-refractivity contribution >= 4 is 11.8 Å². The zero-order valence-electron chi connectivity index (χ0n) is 9.33. The minimum atomic E-state index is 1.08. The van der Waals surface area contributed by atoms with Gasteiger partial charge in [-0.15, -0.1) is 0 Å². The van der Waals surface area contributed by atoms with Crippen molar-refractivity contribution in [3.8, 4) is 0 Å². The minimum absolute atomic E-state index is 1.08. The van der Waals surface area contributed by atoms with Crippen LogP contribution >= 0.6 is 0 Å². The Morgan fingerprint density at radius 1 is 1.14 bits per heavy atom. The van der Waals surface area contributed by atoms with Crippen LogP contribution in [0.25, 0.3) is 5.57 Å². The summed E-state index contributed by atoms with van der Waals surface area (Å²) in [5.74, 6) is 0. The third kappa shape index (κ3) is 2.56. The standard InChI is InChI=1S/C13H17N/c1-5-14-12(4)11(3)13-8-6-10(2)7-9-13/h5-9H,1-4H3/b12-11+,14-5?. The molecule has 0 aliphatic heterocycles. The lowest BCUT2D eigenvalue weighted by Crippen LogP contribution is -1.83. The number of benzene rings is 1. The van der Waals surface area contributed by atoms with Crippen molar-refractivity contribution in [3.05, 3.63) is 41.1 Å². The van der Waals surface area contributed by atoms with Gasteiger partial charge in [-0.25, -0.2) is 0 Å². The molecule has 74 valence electrons. The molecule has 0 heterocycles. The van der Waals surface area contributed by atoms with Crippen molar-refractivity contribution in [2.75, 3.05) is 0 Å². The Morgan fingerprint density at radius 3 is 2.21 bits per heavy atom. The van der Waals surface area contributed by atoms with Gasteiger partial charge in [0.25, 0.3) is 0 Å². The van der Waals surface area contributed by atoms with E-state index in [9.17, 15) is 0 Å². The highest BCUT2D eigenvalue weighted by Gasteiger charge is 1.98. The Morgan fingerprint density at radius 2 is 1.71 bits per heavy atom. The lowest BCUT2D eigenvalue weighted by Gasteiger charge is -2.04.